The lowest BCUT2D eigenvalue weighted by Crippen LogP contribution is -2.04. The molecule has 86 valence electrons. The van der Waals surface area contributed by atoms with Crippen LogP contribution in [0.1, 0.15) is 0 Å². The average Bonchev–Trinajstić information content (AvgIpc) is 2.56. The first-order valence-corrected chi connectivity index (χ1v) is 5.99. The summed E-state index contributed by atoms with van der Waals surface area (Å²) in [7, 11) is -1.14. The van der Waals surface area contributed by atoms with Crippen molar-refractivity contribution in [3.63, 3.8) is 0 Å². The molecule has 0 aliphatic carbocycles. The molecule has 0 spiro atoms. The van der Waals surface area contributed by atoms with Crippen molar-refractivity contribution in [3.05, 3.63) is 24.3 Å². The first-order chi connectivity index (χ1) is 7.45. The van der Waals surface area contributed by atoms with Gasteiger partial charge in [-0.25, -0.2) is 0 Å². The molecule has 0 unspecified atom stereocenters. The minimum atomic E-state index is -4.21. The fraction of sp³-hybridized carbons (Fsp3) is 0.200. The molecule has 0 bridgehead atoms. The van der Waals surface area contributed by atoms with Gasteiger partial charge in [0.15, 0.2) is 5.03 Å². The van der Waals surface area contributed by atoms with Gasteiger partial charge in [-0.05, 0) is 12.1 Å². The molecule has 1 aromatic carbocycles. The van der Waals surface area contributed by atoms with Crippen LogP contribution in [0.2, 0.25) is 0 Å². The lowest BCUT2D eigenvalue weighted by Gasteiger charge is -2.05. The Morgan fingerprint density at radius 2 is 2.06 bits per heavy atom. The molecule has 0 aliphatic rings. The van der Waals surface area contributed by atoms with Crippen LogP contribution in [0.5, 0.6) is 5.75 Å². The Morgan fingerprint density at radius 1 is 1.38 bits per heavy atom. The predicted octanol–water partition coefficient (Wildman–Crippen LogP) is 1.43. The number of aryl methyl sites for hydroxylation is 1. The van der Waals surface area contributed by atoms with Crippen LogP contribution >= 0.6 is 0 Å². The average molecular weight is 241 g/mol. The summed E-state index contributed by atoms with van der Waals surface area (Å²) in [5.74, 6) is 0.565. The topological polar surface area (TPSA) is 68.5 Å². The van der Waals surface area contributed by atoms with Crippen molar-refractivity contribution in [2.24, 2.45) is 7.05 Å². The van der Waals surface area contributed by atoms with Crippen LogP contribution in [0.25, 0.3) is 10.9 Å². The zero-order valence-electron chi connectivity index (χ0n) is 8.84. The van der Waals surface area contributed by atoms with E-state index < -0.39 is 10.1 Å². The van der Waals surface area contributed by atoms with Gasteiger partial charge in [0.05, 0.1) is 12.6 Å². The predicted molar refractivity (Wildman–Crippen MR) is 59.3 cm³/mol. The van der Waals surface area contributed by atoms with Crippen molar-refractivity contribution in [1.82, 2.24) is 4.57 Å². The number of hydrogen-bond acceptors (Lipinski definition) is 3. The van der Waals surface area contributed by atoms with Crippen LogP contribution < -0.4 is 4.74 Å². The molecule has 1 heterocycles. The Bertz CT molecular complexity index is 642. The minimum Gasteiger partial charge on any atom is -0.495 e. The fourth-order valence-electron chi connectivity index (χ4n) is 1.77. The van der Waals surface area contributed by atoms with Gasteiger partial charge in [-0.3, -0.25) is 4.55 Å². The summed E-state index contributed by atoms with van der Waals surface area (Å²) in [6.45, 7) is 0. The maximum atomic E-state index is 11.1. The SMILES string of the molecule is COc1cccc2cc(S(=O)(=O)O)n(C)c12. The van der Waals surface area contributed by atoms with E-state index in [1.807, 2.05) is 0 Å². The number of nitrogens with zero attached hydrogens (tertiary/aromatic N) is 1. The monoisotopic (exact) mass is 241 g/mol. The van der Waals surface area contributed by atoms with Crippen LogP contribution in [-0.4, -0.2) is 24.6 Å². The van der Waals surface area contributed by atoms with E-state index in [0.717, 1.165) is 0 Å². The number of aromatic nitrogens is 1. The summed E-state index contributed by atoms with van der Waals surface area (Å²) in [6.07, 6.45) is 0. The van der Waals surface area contributed by atoms with Crippen molar-refractivity contribution in [2.75, 3.05) is 7.11 Å². The van der Waals surface area contributed by atoms with E-state index in [0.29, 0.717) is 16.7 Å². The summed E-state index contributed by atoms with van der Waals surface area (Å²) in [5.41, 5.74) is 0.637. The van der Waals surface area contributed by atoms with E-state index in [4.69, 9.17) is 9.29 Å². The summed E-state index contributed by atoms with van der Waals surface area (Å²) in [5, 5.41) is 0.557. The highest BCUT2D eigenvalue weighted by Crippen LogP contribution is 2.29. The molecule has 0 aliphatic heterocycles. The largest absolute Gasteiger partial charge is 0.495 e. The van der Waals surface area contributed by atoms with E-state index in [9.17, 15) is 8.42 Å². The summed E-state index contributed by atoms with van der Waals surface area (Å²) < 4.78 is 37.8. The molecule has 6 heteroatoms. The minimum absolute atomic E-state index is 0.146. The van der Waals surface area contributed by atoms with Crippen LogP contribution in [0.4, 0.5) is 0 Å². The van der Waals surface area contributed by atoms with E-state index in [1.165, 1.54) is 17.7 Å². The smallest absolute Gasteiger partial charge is 0.310 e. The molecular weight excluding hydrogens is 230 g/mol. The van der Waals surface area contributed by atoms with Gasteiger partial charge in [0, 0.05) is 12.4 Å². The van der Waals surface area contributed by atoms with E-state index in [-0.39, 0.29) is 5.03 Å². The van der Waals surface area contributed by atoms with Gasteiger partial charge in [-0.2, -0.15) is 8.42 Å². The number of ether oxygens (including phenoxy) is 1. The highest BCUT2D eigenvalue weighted by Gasteiger charge is 2.18. The molecule has 0 fully saturated rings. The molecule has 1 N–H and O–H groups in total. The number of benzene rings is 1. The van der Waals surface area contributed by atoms with Crippen LogP contribution in [0.15, 0.2) is 29.3 Å². The number of hydrogen-bond donors (Lipinski definition) is 1. The molecule has 0 amide bonds. The Hall–Kier alpha value is -1.53. The van der Waals surface area contributed by atoms with E-state index in [2.05, 4.69) is 0 Å². The molecule has 1 aromatic heterocycles. The second-order valence-corrected chi connectivity index (χ2v) is 4.78. The summed E-state index contributed by atoms with van der Waals surface area (Å²) >= 11 is 0. The van der Waals surface area contributed by atoms with Gasteiger partial charge in [-0.1, -0.05) is 12.1 Å². The van der Waals surface area contributed by atoms with Gasteiger partial charge in [0.2, 0.25) is 0 Å². The Labute approximate surface area is 93.0 Å². The third kappa shape index (κ3) is 1.56. The zero-order chi connectivity index (χ0) is 11.9. The number of methoxy groups -OCH3 is 1. The molecule has 0 saturated heterocycles. The molecule has 16 heavy (non-hydrogen) atoms. The molecule has 2 rings (SSSR count). The summed E-state index contributed by atoms with van der Waals surface area (Å²) in [6, 6.07) is 6.66. The maximum absolute atomic E-state index is 11.1. The standard InChI is InChI=1S/C10H11NO4S/c1-11-9(16(12,13)14)6-7-4-3-5-8(15-2)10(7)11/h3-6H,1-2H3,(H,12,13,14). The van der Waals surface area contributed by atoms with E-state index in [1.54, 1.807) is 25.2 Å². The van der Waals surface area contributed by atoms with Crippen LogP contribution in [0.3, 0.4) is 0 Å². The molecule has 0 atom stereocenters. The molecule has 5 nitrogen and oxygen atoms in total. The second-order valence-electron chi connectivity index (χ2n) is 3.41. The van der Waals surface area contributed by atoms with Crippen molar-refractivity contribution >= 4 is 21.0 Å². The van der Waals surface area contributed by atoms with Gasteiger partial charge >= 0.3 is 10.1 Å². The zero-order valence-corrected chi connectivity index (χ0v) is 9.65. The maximum Gasteiger partial charge on any atom is 0.310 e. The summed E-state index contributed by atoms with van der Waals surface area (Å²) in [4.78, 5) is 0. The highest BCUT2D eigenvalue weighted by molar-refractivity contribution is 7.85. The van der Waals surface area contributed by atoms with Gasteiger partial charge in [-0.15, -0.1) is 0 Å². The lowest BCUT2D eigenvalue weighted by atomic mass is 10.2. The number of rotatable bonds is 2. The Morgan fingerprint density at radius 3 is 2.62 bits per heavy atom. The molecular formula is C10H11NO4S. The quantitative estimate of drug-likeness (QED) is 0.808. The van der Waals surface area contributed by atoms with Crippen LogP contribution in [-0.2, 0) is 17.2 Å². The van der Waals surface area contributed by atoms with Crippen molar-refractivity contribution < 1.29 is 17.7 Å². The highest BCUT2D eigenvalue weighted by atomic mass is 32.2. The Balaban J connectivity index is 2.89. The Kier molecular flexibility index (Phi) is 2.40. The lowest BCUT2D eigenvalue weighted by molar-refractivity contribution is 0.417. The van der Waals surface area contributed by atoms with Gasteiger partial charge in [0.1, 0.15) is 5.75 Å². The molecule has 0 radical (unpaired) electrons. The van der Waals surface area contributed by atoms with Crippen molar-refractivity contribution in [3.8, 4) is 5.75 Å². The van der Waals surface area contributed by atoms with Crippen molar-refractivity contribution in [1.29, 1.82) is 0 Å². The fourth-order valence-corrected chi connectivity index (χ4v) is 2.48. The first kappa shape index (κ1) is 11.0. The molecule has 2 aromatic rings. The van der Waals surface area contributed by atoms with Crippen LogP contribution in [0, 0.1) is 0 Å². The number of fused-ring (bicyclic) bond motifs is 1. The molecule has 0 saturated carbocycles. The van der Waals surface area contributed by atoms with Crippen molar-refractivity contribution in [2.45, 2.75) is 5.03 Å². The third-order valence-electron chi connectivity index (χ3n) is 2.46. The van der Waals surface area contributed by atoms with E-state index >= 15 is 0 Å². The van der Waals surface area contributed by atoms with Gasteiger partial charge in [0.25, 0.3) is 0 Å². The number of para-hydroxylation sites is 1. The van der Waals surface area contributed by atoms with Gasteiger partial charge < -0.3 is 9.30 Å². The second kappa shape index (κ2) is 3.50. The first-order valence-electron chi connectivity index (χ1n) is 4.55. The normalized spacial score (nSPS) is 11.9. The third-order valence-corrected chi connectivity index (χ3v) is 3.38.